The molecule has 0 N–H and O–H groups in total. The van der Waals surface area contributed by atoms with Crippen molar-refractivity contribution in [1.29, 1.82) is 0 Å². The Morgan fingerprint density at radius 3 is 0.826 bits per heavy atom. The molecule has 0 aliphatic carbocycles. The van der Waals surface area contributed by atoms with E-state index < -0.39 is 0 Å². The molecule has 0 spiro atoms. The van der Waals surface area contributed by atoms with Crippen LogP contribution in [0, 0.1) is 12.8 Å². The predicted octanol–water partition coefficient (Wildman–Crippen LogP) is 0.844. The van der Waals surface area contributed by atoms with E-state index in [1.165, 1.54) is 27.7 Å². The number of hydrogen-bond acceptors (Lipinski definition) is 6. The van der Waals surface area contributed by atoms with Crippen LogP contribution in [-0.4, -0.2) is 74.2 Å². The van der Waals surface area contributed by atoms with Crippen LogP contribution in [0.1, 0.15) is 27.7 Å². The third-order valence-electron chi connectivity index (χ3n) is 1.81. The van der Waals surface area contributed by atoms with Crippen LogP contribution < -0.4 is 0 Å². The zero-order chi connectivity index (χ0) is 18.3. The molecule has 0 amide bonds. The first-order valence-corrected chi connectivity index (χ1v) is 6.89. The van der Waals surface area contributed by atoms with Gasteiger partial charge in [-0.3, -0.25) is 12.8 Å². The van der Waals surface area contributed by atoms with Crippen molar-refractivity contribution in [3.63, 3.8) is 0 Å². The minimum atomic E-state index is -0.187. The van der Waals surface area contributed by atoms with Crippen molar-refractivity contribution in [3.05, 3.63) is 12.8 Å². The van der Waals surface area contributed by atoms with Gasteiger partial charge in [0.1, 0.15) is 0 Å². The average Bonchev–Trinajstić information content (AvgIpc) is 2.23. The van der Waals surface area contributed by atoms with Gasteiger partial charge < -0.3 is 29.0 Å². The second-order valence-electron chi connectivity index (χ2n) is 5.34. The van der Waals surface area contributed by atoms with E-state index in [0.717, 1.165) is 25.9 Å². The van der Waals surface area contributed by atoms with E-state index in [9.17, 15) is 19.2 Å². The molecule has 0 aliphatic heterocycles. The molecule has 0 saturated heterocycles. The number of rotatable bonds is 7. The topological polar surface area (TPSA) is 74.8 Å². The molecule has 23 heavy (non-hydrogen) atoms. The molecule has 0 fully saturated rings. The first kappa shape index (κ1) is 29.8. The summed E-state index contributed by atoms with van der Waals surface area (Å²) in [7, 11) is 8.35. The summed E-state index contributed by atoms with van der Waals surface area (Å²) in [6, 6.07) is 0. The Labute approximate surface area is 151 Å². The van der Waals surface area contributed by atoms with Crippen molar-refractivity contribution >= 4 is 23.1 Å². The van der Waals surface area contributed by atoms with E-state index in [1.807, 2.05) is 0 Å². The summed E-state index contributed by atoms with van der Waals surface area (Å²) in [6.07, 6.45) is 2.11. The first-order valence-electron chi connectivity index (χ1n) is 6.89. The standard InChI is InChI=1S/C6H16N2.2C5H7O2.Co/c1-7(2)5-6-8(3)4;2*1-4(6)3-5(2)7;/h5-6H2,1-4H3;2*3H,1-2H3;/q;2*-1;+2. The second-order valence-corrected chi connectivity index (χ2v) is 5.34. The monoisotopic (exact) mass is 373 g/mol. The van der Waals surface area contributed by atoms with Crippen LogP contribution >= 0.6 is 0 Å². The SMILES string of the molecule is CC(=O)[CH-]C(C)=O.CC(=O)[CH-]C(C)=O.CN(C)CCN(C)C.[Co+2]. The van der Waals surface area contributed by atoms with E-state index in [0.29, 0.717) is 0 Å². The number of carbonyl (C=O) groups is 4. The molecule has 0 unspecified atom stereocenters. The minimum Gasteiger partial charge on any atom is -0.334 e. The van der Waals surface area contributed by atoms with E-state index >= 15 is 0 Å². The third kappa shape index (κ3) is 52.8. The van der Waals surface area contributed by atoms with Crippen LogP contribution in [0.5, 0.6) is 0 Å². The van der Waals surface area contributed by atoms with Gasteiger partial charge >= 0.3 is 16.8 Å². The number of Topliss-reactive ketones (excluding diaryl/α,β-unsaturated/α-hetero) is 4. The van der Waals surface area contributed by atoms with Gasteiger partial charge in [-0.1, -0.05) is 0 Å². The van der Waals surface area contributed by atoms with E-state index in [1.54, 1.807) is 0 Å². The third-order valence-corrected chi connectivity index (χ3v) is 1.81. The molecule has 0 aliphatic rings. The van der Waals surface area contributed by atoms with Gasteiger partial charge in [-0.2, -0.15) is 0 Å². The molecule has 0 bridgehead atoms. The van der Waals surface area contributed by atoms with Gasteiger partial charge in [-0.25, -0.2) is 0 Å². The van der Waals surface area contributed by atoms with E-state index in [4.69, 9.17) is 0 Å². The second kappa shape index (κ2) is 18.9. The molecular weight excluding hydrogens is 343 g/mol. The zero-order valence-electron chi connectivity index (χ0n) is 15.4. The Kier molecular flexibility index (Phi) is 24.5. The summed E-state index contributed by atoms with van der Waals surface area (Å²) in [5.74, 6) is -0.750. The smallest absolute Gasteiger partial charge is 0.334 e. The van der Waals surface area contributed by atoms with Crippen molar-refractivity contribution in [2.24, 2.45) is 0 Å². The molecule has 0 aromatic rings. The van der Waals surface area contributed by atoms with Crippen LogP contribution in [0.2, 0.25) is 0 Å². The van der Waals surface area contributed by atoms with Crippen LogP contribution in [0.3, 0.4) is 0 Å². The maximum absolute atomic E-state index is 9.98. The number of ketones is 4. The summed E-state index contributed by atoms with van der Waals surface area (Å²) in [5, 5.41) is 0. The van der Waals surface area contributed by atoms with Crippen molar-refractivity contribution in [3.8, 4) is 0 Å². The molecule has 0 heterocycles. The summed E-state index contributed by atoms with van der Waals surface area (Å²) in [4.78, 5) is 44.3. The fourth-order valence-electron chi connectivity index (χ4n) is 0.972. The van der Waals surface area contributed by atoms with Crippen molar-refractivity contribution in [1.82, 2.24) is 9.80 Å². The molecule has 6 nitrogen and oxygen atoms in total. The van der Waals surface area contributed by atoms with Crippen LogP contribution in [-0.2, 0) is 36.0 Å². The summed E-state index contributed by atoms with van der Waals surface area (Å²) < 4.78 is 0. The molecule has 0 aromatic heterocycles. The number of hydrogen-bond donors (Lipinski definition) is 0. The fourth-order valence-corrected chi connectivity index (χ4v) is 0.972. The van der Waals surface area contributed by atoms with Gasteiger partial charge in [0.25, 0.3) is 0 Å². The Bertz CT molecular complexity index is 298. The van der Waals surface area contributed by atoms with Gasteiger partial charge in [0, 0.05) is 36.2 Å². The van der Waals surface area contributed by atoms with Gasteiger partial charge in [-0.05, 0) is 55.9 Å². The van der Waals surface area contributed by atoms with Gasteiger partial charge in [0.15, 0.2) is 0 Å². The summed E-state index contributed by atoms with van der Waals surface area (Å²) in [5.41, 5.74) is 0. The number of nitrogens with zero attached hydrogens (tertiary/aromatic N) is 2. The van der Waals surface area contributed by atoms with Crippen molar-refractivity contribution in [2.45, 2.75) is 27.7 Å². The zero-order valence-corrected chi connectivity index (χ0v) is 16.5. The Morgan fingerprint density at radius 1 is 0.609 bits per heavy atom. The Hall–Kier alpha value is -1.15. The molecule has 1 radical (unpaired) electrons. The minimum absolute atomic E-state index is 0. The van der Waals surface area contributed by atoms with Crippen LogP contribution in [0.25, 0.3) is 0 Å². The normalized spacial score (nSPS) is 8.61. The quantitative estimate of drug-likeness (QED) is 0.486. The fraction of sp³-hybridized carbons (Fsp3) is 0.625. The van der Waals surface area contributed by atoms with Crippen molar-refractivity contribution in [2.75, 3.05) is 41.3 Å². The van der Waals surface area contributed by atoms with Gasteiger partial charge in [-0.15, -0.1) is 0 Å². The Balaban J connectivity index is -0.000000116. The van der Waals surface area contributed by atoms with Crippen molar-refractivity contribution < 1.29 is 36.0 Å². The summed E-state index contributed by atoms with van der Waals surface area (Å²) >= 11 is 0. The molecule has 0 atom stereocenters. The van der Waals surface area contributed by atoms with Crippen LogP contribution in [0.15, 0.2) is 0 Å². The molecule has 0 saturated carbocycles. The average molecular weight is 373 g/mol. The van der Waals surface area contributed by atoms with Gasteiger partial charge in [0.05, 0.1) is 0 Å². The Morgan fingerprint density at radius 2 is 0.783 bits per heavy atom. The molecule has 137 valence electrons. The number of carbonyl (C=O) groups excluding carboxylic acids is 4. The predicted molar refractivity (Wildman–Crippen MR) is 88.4 cm³/mol. The summed E-state index contributed by atoms with van der Waals surface area (Å²) in [6.45, 7) is 7.69. The maximum atomic E-state index is 9.98. The van der Waals surface area contributed by atoms with Gasteiger partial charge in [0.2, 0.25) is 0 Å². The van der Waals surface area contributed by atoms with Crippen LogP contribution in [0.4, 0.5) is 0 Å². The van der Waals surface area contributed by atoms with E-state index in [2.05, 4.69) is 38.0 Å². The largest absolute Gasteiger partial charge is 2.00 e. The maximum Gasteiger partial charge on any atom is 2.00 e. The molecule has 7 heteroatoms. The molecule has 0 rings (SSSR count). The first-order chi connectivity index (χ1) is 9.88. The molecular formula is C16H30CoN2O4. The van der Waals surface area contributed by atoms with E-state index in [-0.39, 0.29) is 39.9 Å². The molecule has 0 aromatic carbocycles. The number of likely N-dealkylation sites (N-methyl/N-ethyl adjacent to an activating group) is 2.